The van der Waals surface area contributed by atoms with E-state index in [-0.39, 0.29) is 0 Å². The van der Waals surface area contributed by atoms with E-state index in [0.717, 1.165) is 42.0 Å². The number of nitrogens with zero attached hydrogens (tertiary/aromatic N) is 1. The van der Waals surface area contributed by atoms with Crippen molar-refractivity contribution in [2.75, 3.05) is 5.75 Å². The average Bonchev–Trinajstić information content (AvgIpc) is 3.39. The number of benzene rings is 2. The van der Waals surface area contributed by atoms with Crippen LogP contribution in [0.1, 0.15) is 30.9 Å². The van der Waals surface area contributed by atoms with E-state index in [2.05, 4.69) is 77.6 Å². The van der Waals surface area contributed by atoms with Crippen LogP contribution in [0.25, 0.3) is 33.6 Å². The summed E-state index contributed by atoms with van der Waals surface area (Å²) in [5.41, 5.74) is 9.72. The summed E-state index contributed by atoms with van der Waals surface area (Å²) in [5, 5.41) is 0. The molecule has 4 aromatic rings. The molecule has 1 aliphatic rings. The van der Waals surface area contributed by atoms with Gasteiger partial charge >= 0.3 is 0 Å². The second kappa shape index (κ2) is 8.64. The lowest BCUT2D eigenvalue weighted by Gasteiger charge is -2.10. The van der Waals surface area contributed by atoms with Gasteiger partial charge in [0.2, 0.25) is 0 Å². The fourth-order valence-corrected chi connectivity index (χ4v) is 5.81. The van der Waals surface area contributed by atoms with E-state index in [9.17, 15) is 4.21 Å². The molecule has 5 rings (SSSR count). The third-order valence-electron chi connectivity index (χ3n) is 6.07. The number of hydrogen-bond donors (Lipinski definition) is 1. The number of nitrogens with one attached hydrogen (secondary N) is 1. The minimum atomic E-state index is -0.848. The molecule has 31 heavy (non-hydrogen) atoms. The van der Waals surface area contributed by atoms with Crippen LogP contribution in [0.15, 0.2) is 78.0 Å². The van der Waals surface area contributed by atoms with Gasteiger partial charge < -0.3 is 4.98 Å². The Morgan fingerprint density at radius 2 is 1.74 bits per heavy atom. The van der Waals surface area contributed by atoms with Crippen molar-refractivity contribution in [3.63, 3.8) is 0 Å². The number of rotatable bonds is 6. The summed E-state index contributed by atoms with van der Waals surface area (Å²) in [6.45, 7) is 2.24. The molecular weight excluding hydrogens is 400 g/mol. The van der Waals surface area contributed by atoms with Crippen LogP contribution in [0.2, 0.25) is 0 Å². The summed E-state index contributed by atoms with van der Waals surface area (Å²) in [6, 6.07) is 21.2. The summed E-state index contributed by atoms with van der Waals surface area (Å²) in [5.74, 6) is 0.740. The number of H-pyrrole nitrogens is 1. The van der Waals surface area contributed by atoms with Gasteiger partial charge in [-0.15, -0.1) is 0 Å². The highest BCUT2D eigenvalue weighted by Gasteiger charge is 2.23. The van der Waals surface area contributed by atoms with Crippen LogP contribution in [0.4, 0.5) is 0 Å². The highest BCUT2D eigenvalue weighted by molar-refractivity contribution is 7.85. The molecule has 0 amide bonds. The Hall–Kier alpha value is -2.98. The van der Waals surface area contributed by atoms with Crippen molar-refractivity contribution in [1.82, 2.24) is 9.97 Å². The predicted octanol–water partition coefficient (Wildman–Crippen LogP) is 6.42. The number of hydrogen-bond acceptors (Lipinski definition) is 2. The summed E-state index contributed by atoms with van der Waals surface area (Å²) < 4.78 is 12.2. The molecule has 1 N–H and O–H groups in total. The summed E-state index contributed by atoms with van der Waals surface area (Å²) in [4.78, 5) is 9.04. The number of aromatic amines is 1. The Labute approximate surface area is 186 Å². The number of fused-ring (bicyclic) bond motifs is 1. The molecule has 156 valence electrons. The normalized spacial score (nSPS) is 15.2. The van der Waals surface area contributed by atoms with Crippen molar-refractivity contribution in [3.05, 3.63) is 84.2 Å². The van der Waals surface area contributed by atoms with Crippen LogP contribution >= 0.6 is 0 Å². The molecule has 0 aliphatic carbocycles. The Morgan fingerprint density at radius 3 is 2.52 bits per heavy atom. The molecule has 0 saturated carbocycles. The van der Waals surface area contributed by atoms with Gasteiger partial charge in [0.25, 0.3) is 0 Å². The quantitative estimate of drug-likeness (QED) is 0.387. The first kappa shape index (κ1) is 20.0. The standard InChI is InChI=1S/C27H26N2OS/c1-2-3-9-23-25(19-12-15-28-16-13-19)27(20-7-5-4-6-8-20)29-26(23)22-10-11-24-21(18-22)14-17-31(24)30/h4-8,10-13,15-16,18,29H,2-3,9,14,17H2,1H3. The fourth-order valence-electron chi connectivity index (χ4n) is 4.51. The van der Waals surface area contributed by atoms with E-state index in [1.165, 1.54) is 39.1 Å². The molecule has 4 heteroatoms. The zero-order valence-electron chi connectivity index (χ0n) is 17.7. The maximum atomic E-state index is 12.2. The minimum Gasteiger partial charge on any atom is -0.354 e. The highest BCUT2D eigenvalue weighted by Crippen LogP contribution is 2.42. The number of pyridine rings is 1. The van der Waals surface area contributed by atoms with E-state index in [0.29, 0.717) is 0 Å². The van der Waals surface area contributed by atoms with Crippen LogP contribution in [0.3, 0.4) is 0 Å². The minimum absolute atomic E-state index is 0.740. The van der Waals surface area contributed by atoms with Crippen LogP contribution in [-0.4, -0.2) is 19.9 Å². The van der Waals surface area contributed by atoms with Crippen molar-refractivity contribution in [1.29, 1.82) is 0 Å². The van der Waals surface area contributed by atoms with E-state index in [1.807, 2.05) is 12.4 Å². The Kier molecular flexibility index (Phi) is 5.56. The first-order valence-electron chi connectivity index (χ1n) is 11.0. The van der Waals surface area contributed by atoms with Crippen molar-refractivity contribution in [3.8, 4) is 33.6 Å². The summed E-state index contributed by atoms with van der Waals surface area (Å²) >= 11 is 0. The van der Waals surface area contributed by atoms with E-state index >= 15 is 0 Å². The molecule has 0 radical (unpaired) electrons. The van der Waals surface area contributed by atoms with Crippen molar-refractivity contribution >= 4 is 10.8 Å². The predicted molar refractivity (Wildman–Crippen MR) is 128 cm³/mol. The molecule has 1 aliphatic heterocycles. The molecule has 1 unspecified atom stereocenters. The number of aromatic nitrogens is 2. The second-order valence-electron chi connectivity index (χ2n) is 8.06. The van der Waals surface area contributed by atoms with Gasteiger partial charge in [0.05, 0.1) is 16.5 Å². The maximum Gasteiger partial charge on any atom is 0.0541 e. The highest BCUT2D eigenvalue weighted by atomic mass is 32.2. The van der Waals surface area contributed by atoms with Crippen LogP contribution in [0, 0.1) is 0 Å². The number of aryl methyl sites for hydroxylation is 1. The maximum absolute atomic E-state index is 12.2. The molecule has 2 aromatic heterocycles. The molecule has 0 fully saturated rings. The topological polar surface area (TPSA) is 45.8 Å². The smallest absolute Gasteiger partial charge is 0.0541 e. The van der Waals surface area contributed by atoms with Gasteiger partial charge in [-0.05, 0) is 71.3 Å². The van der Waals surface area contributed by atoms with Crippen LogP contribution in [0.5, 0.6) is 0 Å². The Balaban J connectivity index is 1.75. The number of unbranched alkanes of at least 4 members (excludes halogenated alkanes) is 1. The van der Waals surface area contributed by atoms with Gasteiger partial charge in [0.15, 0.2) is 0 Å². The fraction of sp³-hybridized carbons (Fsp3) is 0.222. The molecule has 0 bridgehead atoms. The second-order valence-corrected chi connectivity index (χ2v) is 9.60. The summed E-state index contributed by atoms with van der Waals surface area (Å²) in [7, 11) is -0.848. The first-order chi connectivity index (χ1) is 15.3. The van der Waals surface area contributed by atoms with Crippen LogP contribution < -0.4 is 0 Å². The molecule has 1 atom stereocenters. The summed E-state index contributed by atoms with van der Waals surface area (Å²) in [6.07, 6.45) is 7.91. The van der Waals surface area contributed by atoms with Gasteiger partial charge in [0, 0.05) is 34.3 Å². The largest absolute Gasteiger partial charge is 0.354 e. The zero-order valence-corrected chi connectivity index (χ0v) is 18.5. The lowest BCUT2D eigenvalue weighted by Crippen LogP contribution is -1.92. The molecule has 0 saturated heterocycles. The van der Waals surface area contributed by atoms with Crippen molar-refractivity contribution in [2.24, 2.45) is 0 Å². The monoisotopic (exact) mass is 426 g/mol. The lowest BCUT2D eigenvalue weighted by molar-refractivity contribution is 0.685. The van der Waals surface area contributed by atoms with Gasteiger partial charge in [-0.2, -0.15) is 0 Å². The SMILES string of the molecule is CCCCc1c(-c2ccc3c(c2)CCS3=O)[nH]c(-c2ccccc2)c1-c1ccncc1. The Morgan fingerprint density at radius 1 is 0.935 bits per heavy atom. The molecular formula is C27H26N2OS. The van der Waals surface area contributed by atoms with Gasteiger partial charge in [-0.25, -0.2) is 0 Å². The molecule has 3 heterocycles. The van der Waals surface area contributed by atoms with Crippen molar-refractivity contribution < 1.29 is 4.21 Å². The average molecular weight is 427 g/mol. The van der Waals surface area contributed by atoms with Crippen molar-refractivity contribution in [2.45, 2.75) is 37.5 Å². The van der Waals surface area contributed by atoms with Gasteiger partial charge in [-0.3, -0.25) is 9.19 Å². The molecule has 2 aromatic carbocycles. The van der Waals surface area contributed by atoms with Gasteiger partial charge in [-0.1, -0.05) is 49.7 Å². The van der Waals surface area contributed by atoms with Gasteiger partial charge in [0.1, 0.15) is 0 Å². The van der Waals surface area contributed by atoms with E-state index < -0.39 is 10.8 Å². The molecule has 3 nitrogen and oxygen atoms in total. The zero-order chi connectivity index (χ0) is 21.2. The van der Waals surface area contributed by atoms with Crippen LogP contribution in [-0.2, 0) is 23.6 Å². The Bertz CT molecular complexity index is 1230. The molecule has 0 spiro atoms. The first-order valence-corrected chi connectivity index (χ1v) is 12.3. The third kappa shape index (κ3) is 3.77. The third-order valence-corrected chi connectivity index (χ3v) is 7.53. The lowest BCUT2D eigenvalue weighted by atomic mass is 9.93. The van der Waals surface area contributed by atoms with E-state index in [4.69, 9.17) is 0 Å². The van der Waals surface area contributed by atoms with E-state index in [1.54, 1.807) is 0 Å².